The first kappa shape index (κ1) is 18.8. The van der Waals surface area contributed by atoms with E-state index in [-0.39, 0.29) is 17.9 Å². The van der Waals surface area contributed by atoms with Crippen LogP contribution in [0.2, 0.25) is 10.0 Å². The predicted octanol–water partition coefficient (Wildman–Crippen LogP) is 5.18. The number of amides is 1. The second-order valence-corrected chi connectivity index (χ2v) is 8.54. The molecule has 2 aliphatic rings. The van der Waals surface area contributed by atoms with Gasteiger partial charge in [0.15, 0.2) is 0 Å². The van der Waals surface area contributed by atoms with E-state index < -0.39 is 0 Å². The summed E-state index contributed by atoms with van der Waals surface area (Å²) in [5, 5.41) is 1.34. The van der Waals surface area contributed by atoms with Gasteiger partial charge in [-0.2, -0.15) is 0 Å². The number of hydrogen-bond acceptors (Lipinski definition) is 2. The van der Waals surface area contributed by atoms with Crippen molar-refractivity contribution >= 4 is 34.8 Å². The molecule has 2 atom stereocenters. The zero-order valence-corrected chi connectivity index (χ0v) is 17.0. The monoisotopic (exact) mass is 402 g/mol. The Labute approximate surface area is 170 Å². The molecule has 5 heteroatoms. The highest BCUT2D eigenvalue weighted by Gasteiger charge is 2.36. The van der Waals surface area contributed by atoms with Gasteiger partial charge in [-0.1, -0.05) is 47.5 Å². The molecule has 2 aliphatic heterocycles. The topological polar surface area (TPSA) is 23.6 Å². The third-order valence-corrected chi connectivity index (χ3v) is 6.30. The number of likely N-dealkylation sites (tertiary alicyclic amines) is 1. The number of hydrogen-bond donors (Lipinski definition) is 0. The molecule has 0 aromatic heterocycles. The summed E-state index contributed by atoms with van der Waals surface area (Å²) in [6.07, 6.45) is 2.93. The number of para-hydroxylation sites is 1. The second-order valence-electron chi connectivity index (χ2n) is 7.70. The Morgan fingerprint density at radius 3 is 2.81 bits per heavy atom. The van der Waals surface area contributed by atoms with Gasteiger partial charge in [-0.25, -0.2) is 0 Å². The molecule has 0 radical (unpaired) electrons. The first-order chi connectivity index (χ1) is 13.0. The van der Waals surface area contributed by atoms with Gasteiger partial charge in [0.05, 0.1) is 5.92 Å². The normalized spacial score (nSPS) is 22.7. The number of carbonyl (C=O) groups is 1. The number of halogens is 2. The van der Waals surface area contributed by atoms with Crippen molar-refractivity contribution < 1.29 is 4.79 Å². The first-order valence-corrected chi connectivity index (χ1v) is 10.4. The fourth-order valence-corrected chi connectivity index (χ4v) is 4.86. The average Bonchev–Trinajstić information content (AvgIpc) is 2.99. The van der Waals surface area contributed by atoms with Crippen LogP contribution in [0.5, 0.6) is 0 Å². The molecule has 1 amide bonds. The van der Waals surface area contributed by atoms with E-state index >= 15 is 0 Å². The van der Waals surface area contributed by atoms with Crippen LogP contribution in [0.4, 0.5) is 5.69 Å². The molecule has 1 saturated heterocycles. The Kier molecular flexibility index (Phi) is 5.45. The van der Waals surface area contributed by atoms with Gasteiger partial charge in [0.25, 0.3) is 0 Å². The van der Waals surface area contributed by atoms with Gasteiger partial charge >= 0.3 is 0 Å². The molecule has 0 bridgehead atoms. The third kappa shape index (κ3) is 3.87. The first-order valence-electron chi connectivity index (χ1n) is 9.60. The maximum Gasteiger partial charge on any atom is 0.231 e. The summed E-state index contributed by atoms with van der Waals surface area (Å²) >= 11 is 12.3. The lowest BCUT2D eigenvalue weighted by Crippen LogP contribution is -2.46. The van der Waals surface area contributed by atoms with E-state index in [2.05, 4.69) is 30.0 Å². The summed E-state index contributed by atoms with van der Waals surface area (Å²) in [4.78, 5) is 17.7. The van der Waals surface area contributed by atoms with E-state index in [0.29, 0.717) is 10.0 Å². The Balaban J connectivity index is 1.47. The molecule has 142 valence electrons. The van der Waals surface area contributed by atoms with E-state index in [1.54, 1.807) is 6.07 Å². The average molecular weight is 403 g/mol. The molecule has 27 heavy (non-hydrogen) atoms. The Morgan fingerprint density at radius 1 is 1.19 bits per heavy atom. The largest absolute Gasteiger partial charge is 0.309 e. The standard InChI is InChI=1S/C22H24Cl2N2O/c1-15-11-16-5-2-3-7-21(16)26(15)22(27)18-6-4-10-25(14-18)13-17-8-9-19(23)12-20(17)24/h2-3,5,7-9,12,15,18H,4,6,10-11,13-14H2,1H3/t15-,18+/m1/s1. The van der Waals surface area contributed by atoms with E-state index in [1.807, 2.05) is 23.1 Å². The molecular weight excluding hydrogens is 379 g/mol. The molecule has 0 unspecified atom stereocenters. The molecule has 0 aliphatic carbocycles. The van der Waals surface area contributed by atoms with Gasteiger partial charge in [0.2, 0.25) is 5.91 Å². The van der Waals surface area contributed by atoms with Gasteiger partial charge in [0, 0.05) is 34.9 Å². The van der Waals surface area contributed by atoms with E-state index in [4.69, 9.17) is 23.2 Å². The lowest BCUT2D eigenvalue weighted by atomic mass is 9.95. The van der Waals surface area contributed by atoms with Crippen molar-refractivity contribution in [2.75, 3.05) is 18.0 Å². The molecule has 1 fully saturated rings. The zero-order valence-electron chi connectivity index (χ0n) is 15.5. The van der Waals surface area contributed by atoms with Crippen molar-refractivity contribution in [3.8, 4) is 0 Å². The smallest absolute Gasteiger partial charge is 0.231 e. The molecule has 4 rings (SSSR count). The molecule has 0 N–H and O–H groups in total. The number of benzene rings is 2. The van der Waals surface area contributed by atoms with Crippen LogP contribution >= 0.6 is 23.2 Å². The molecular formula is C22H24Cl2N2O. The van der Waals surface area contributed by atoms with E-state index in [0.717, 1.165) is 50.1 Å². The van der Waals surface area contributed by atoms with Crippen LogP contribution in [0.1, 0.15) is 30.9 Å². The fourth-order valence-electron chi connectivity index (χ4n) is 4.39. The van der Waals surface area contributed by atoms with E-state index in [1.165, 1.54) is 5.56 Å². The predicted molar refractivity (Wildman–Crippen MR) is 112 cm³/mol. The number of carbonyl (C=O) groups excluding carboxylic acids is 1. The minimum absolute atomic E-state index is 0.0402. The SMILES string of the molecule is C[C@@H]1Cc2ccccc2N1C(=O)[C@H]1CCCN(Cc2ccc(Cl)cc2Cl)C1. The van der Waals surface area contributed by atoms with Gasteiger partial charge in [0.1, 0.15) is 0 Å². The van der Waals surface area contributed by atoms with Crippen LogP contribution in [-0.4, -0.2) is 29.9 Å². The van der Waals surface area contributed by atoms with Crippen LogP contribution in [0.3, 0.4) is 0 Å². The molecule has 2 aromatic rings. The van der Waals surface area contributed by atoms with Crippen LogP contribution in [0, 0.1) is 5.92 Å². The molecule has 2 aromatic carbocycles. The molecule has 3 nitrogen and oxygen atoms in total. The minimum atomic E-state index is 0.0402. The number of rotatable bonds is 3. The van der Waals surface area contributed by atoms with Crippen LogP contribution < -0.4 is 4.90 Å². The summed E-state index contributed by atoms with van der Waals surface area (Å²) in [5.74, 6) is 0.304. The summed E-state index contributed by atoms with van der Waals surface area (Å²) in [7, 11) is 0. The maximum atomic E-state index is 13.3. The van der Waals surface area contributed by atoms with Crippen molar-refractivity contribution in [1.82, 2.24) is 4.90 Å². The number of nitrogens with zero attached hydrogens (tertiary/aromatic N) is 2. The van der Waals surface area contributed by atoms with Crippen molar-refractivity contribution in [1.29, 1.82) is 0 Å². The van der Waals surface area contributed by atoms with E-state index in [9.17, 15) is 4.79 Å². The summed E-state index contributed by atoms with van der Waals surface area (Å²) in [6, 6.07) is 14.2. The highest BCUT2D eigenvalue weighted by Crippen LogP contribution is 2.34. The lowest BCUT2D eigenvalue weighted by Gasteiger charge is -2.35. The quantitative estimate of drug-likeness (QED) is 0.705. The third-order valence-electron chi connectivity index (χ3n) is 5.71. The lowest BCUT2D eigenvalue weighted by molar-refractivity contribution is -0.124. The van der Waals surface area contributed by atoms with Gasteiger partial charge in [-0.05, 0) is 62.1 Å². The highest BCUT2D eigenvalue weighted by molar-refractivity contribution is 6.35. The van der Waals surface area contributed by atoms with Gasteiger partial charge < -0.3 is 4.90 Å². The number of fused-ring (bicyclic) bond motifs is 1. The summed E-state index contributed by atoms with van der Waals surface area (Å²) < 4.78 is 0. The molecule has 2 heterocycles. The van der Waals surface area contributed by atoms with Gasteiger partial charge in [-0.15, -0.1) is 0 Å². The zero-order chi connectivity index (χ0) is 19.0. The van der Waals surface area contributed by atoms with Crippen molar-refractivity contribution in [3.63, 3.8) is 0 Å². The molecule has 0 spiro atoms. The Morgan fingerprint density at radius 2 is 2.00 bits per heavy atom. The molecule has 0 saturated carbocycles. The Hall–Kier alpha value is -1.55. The summed E-state index contributed by atoms with van der Waals surface area (Å²) in [6.45, 7) is 4.68. The number of piperidine rings is 1. The minimum Gasteiger partial charge on any atom is -0.309 e. The van der Waals surface area contributed by atoms with Crippen molar-refractivity contribution in [2.45, 2.75) is 38.8 Å². The Bertz CT molecular complexity index is 854. The van der Waals surface area contributed by atoms with Crippen LogP contribution in [-0.2, 0) is 17.8 Å². The second kappa shape index (κ2) is 7.83. The number of anilines is 1. The fraction of sp³-hybridized carbons (Fsp3) is 0.409. The highest BCUT2D eigenvalue weighted by atomic mass is 35.5. The van der Waals surface area contributed by atoms with Gasteiger partial charge in [-0.3, -0.25) is 9.69 Å². The van der Waals surface area contributed by atoms with Crippen LogP contribution in [0.15, 0.2) is 42.5 Å². The van der Waals surface area contributed by atoms with Crippen molar-refractivity contribution in [2.24, 2.45) is 5.92 Å². The van der Waals surface area contributed by atoms with Crippen molar-refractivity contribution in [3.05, 3.63) is 63.6 Å². The summed E-state index contributed by atoms with van der Waals surface area (Å²) in [5.41, 5.74) is 3.43. The maximum absolute atomic E-state index is 13.3. The van der Waals surface area contributed by atoms with Crippen LogP contribution in [0.25, 0.3) is 0 Å².